The van der Waals surface area contributed by atoms with Crippen molar-refractivity contribution in [3.05, 3.63) is 29.3 Å². The molecule has 2 aliphatic heterocycles. The van der Waals surface area contributed by atoms with E-state index in [4.69, 9.17) is 4.74 Å². The molecular formula is C13H18N2O. The van der Waals surface area contributed by atoms with Crippen molar-refractivity contribution < 1.29 is 4.74 Å². The van der Waals surface area contributed by atoms with Crippen LogP contribution >= 0.6 is 0 Å². The summed E-state index contributed by atoms with van der Waals surface area (Å²) >= 11 is 0. The van der Waals surface area contributed by atoms with Crippen LogP contribution in [0.3, 0.4) is 0 Å². The van der Waals surface area contributed by atoms with Crippen LogP contribution in [0.5, 0.6) is 0 Å². The molecule has 1 aromatic carbocycles. The van der Waals surface area contributed by atoms with Crippen molar-refractivity contribution in [3.8, 4) is 0 Å². The van der Waals surface area contributed by atoms with Crippen LogP contribution in [0.1, 0.15) is 11.1 Å². The van der Waals surface area contributed by atoms with Gasteiger partial charge in [0.2, 0.25) is 0 Å². The van der Waals surface area contributed by atoms with Gasteiger partial charge in [-0.05, 0) is 23.6 Å². The van der Waals surface area contributed by atoms with Crippen molar-refractivity contribution in [2.24, 2.45) is 0 Å². The summed E-state index contributed by atoms with van der Waals surface area (Å²) in [6, 6.07) is 6.61. The molecule has 0 atom stereocenters. The maximum atomic E-state index is 5.51. The zero-order chi connectivity index (χ0) is 10.8. The summed E-state index contributed by atoms with van der Waals surface area (Å²) in [5.41, 5.74) is 4.32. The topological polar surface area (TPSA) is 24.5 Å². The molecule has 1 aromatic rings. The molecule has 0 unspecified atom stereocenters. The molecule has 3 heteroatoms. The molecule has 2 heterocycles. The van der Waals surface area contributed by atoms with Gasteiger partial charge in [-0.1, -0.05) is 12.1 Å². The Hall–Kier alpha value is -1.06. The minimum Gasteiger partial charge on any atom is -0.376 e. The normalized spacial score (nSPS) is 20.6. The molecule has 0 spiro atoms. The summed E-state index contributed by atoms with van der Waals surface area (Å²) in [5.74, 6) is 0. The molecule has 0 saturated carbocycles. The Labute approximate surface area is 96.4 Å². The van der Waals surface area contributed by atoms with Crippen molar-refractivity contribution in [2.45, 2.75) is 13.0 Å². The largest absolute Gasteiger partial charge is 0.376 e. The standard InChI is InChI=1S/C13H18N2O/c1-2-11-10-16-9-4-12(11)13(3-1)15-7-5-14-6-8-15/h1-3,14H,4-10H2. The Kier molecular flexibility index (Phi) is 2.80. The molecule has 16 heavy (non-hydrogen) atoms. The summed E-state index contributed by atoms with van der Waals surface area (Å²) in [5, 5.41) is 3.40. The van der Waals surface area contributed by atoms with Gasteiger partial charge in [0.1, 0.15) is 0 Å². The van der Waals surface area contributed by atoms with Gasteiger partial charge in [0.05, 0.1) is 13.2 Å². The third-order valence-electron chi connectivity index (χ3n) is 3.46. The van der Waals surface area contributed by atoms with Crippen molar-refractivity contribution in [1.82, 2.24) is 5.32 Å². The fourth-order valence-electron chi connectivity index (χ4n) is 2.60. The number of rotatable bonds is 1. The summed E-state index contributed by atoms with van der Waals surface area (Å²) in [4.78, 5) is 2.50. The Balaban J connectivity index is 1.93. The van der Waals surface area contributed by atoms with Gasteiger partial charge < -0.3 is 15.0 Å². The highest BCUT2D eigenvalue weighted by Crippen LogP contribution is 2.28. The van der Waals surface area contributed by atoms with Gasteiger partial charge in [0.25, 0.3) is 0 Å². The van der Waals surface area contributed by atoms with Crippen LogP contribution in [0.4, 0.5) is 5.69 Å². The monoisotopic (exact) mass is 218 g/mol. The van der Waals surface area contributed by atoms with Crippen LogP contribution < -0.4 is 10.2 Å². The third-order valence-corrected chi connectivity index (χ3v) is 3.46. The highest BCUT2D eigenvalue weighted by atomic mass is 16.5. The quantitative estimate of drug-likeness (QED) is 0.766. The molecule has 0 bridgehead atoms. The molecule has 1 fully saturated rings. The van der Waals surface area contributed by atoms with E-state index >= 15 is 0 Å². The minimum absolute atomic E-state index is 0.787. The number of nitrogens with one attached hydrogen (secondary N) is 1. The van der Waals surface area contributed by atoms with Crippen LogP contribution in [0.15, 0.2) is 18.2 Å². The Morgan fingerprint density at radius 2 is 2.06 bits per heavy atom. The van der Waals surface area contributed by atoms with E-state index in [1.54, 1.807) is 0 Å². The molecule has 3 rings (SSSR count). The number of hydrogen-bond donors (Lipinski definition) is 1. The first-order chi connectivity index (χ1) is 7.95. The molecule has 1 saturated heterocycles. The van der Waals surface area contributed by atoms with Crippen LogP contribution in [0.25, 0.3) is 0 Å². The number of fused-ring (bicyclic) bond motifs is 1. The second-order valence-corrected chi connectivity index (χ2v) is 4.45. The number of piperazine rings is 1. The van der Waals surface area contributed by atoms with Crippen LogP contribution in [0.2, 0.25) is 0 Å². The third kappa shape index (κ3) is 1.81. The predicted octanol–water partition coefficient (Wildman–Crippen LogP) is 1.17. The van der Waals surface area contributed by atoms with Crippen LogP contribution in [-0.4, -0.2) is 32.8 Å². The Bertz CT molecular complexity index is 372. The molecule has 2 aliphatic rings. The smallest absolute Gasteiger partial charge is 0.0720 e. The van der Waals surface area contributed by atoms with Gasteiger partial charge in [-0.3, -0.25) is 0 Å². The van der Waals surface area contributed by atoms with E-state index in [0.29, 0.717) is 0 Å². The fraction of sp³-hybridized carbons (Fsp3) is 0.538. The predicted molar refractivity (Wildman–Crippen MR) is 64.9 cm³/mol. The van der Waals surface area contributed by atoms with Crippen molar-refractivity contribution in [2.75, 3.05) is 37.7 Å². The number of hydrogen-bond acceptors (Lipinski definition) is 3. The highest BCUT2D eigenvalue weighted by Gasteiger charge is 2.18. The maximum absolute atomic E-state index is 5.51. The summed E-state index contributed by atoms with van der Waals surface area (Å²) in [7, 11) is 0. The molecule has 0 aliphatic carbocycles. The lowest BCUT2D eigenvalue weighted by Crippen LogP contribution is -2.44. The van der Waals surface area contributed by atoms with Crippen molar-refractivity contribution >= 4 is 5.69 Å². The number of ether oxygens (including phenoxy) is 1. The zero-order valence-corrected chi connectivity index (χ0v) is 9.54. The average molecular weight is 218 g/mol. The molecule has 1 N–H and O–H groups in total. The van der Waals surface area contributed by atoms with Gasteiger partial charge in [0.15, 0.2) is 0 Å². The summed E-state index contributed by atoms with van der Waals surface area (Å²) in [6.07, 6.45) is 1.06. The lowest BCUT2D eigenvalue weighted by Gasteiger charge is -2.33. The van der Waals surface area contributed by atoms with Gasteiger partial charge in [-0.25, -0.2) is 0 Å². The summed E-state index contributed by atoms with van der Waals surface area (Å²) in [6.45, 7) is 6.10. The van der Waals surface area contributed by atoms with Gasteiger partial charge in [-0.2, -0.15) is 0 Å². The lowest BCUT2D eigenvalue weighted by atomic mass is 10.00. The number of nitrogens with zero attached hydrogens (tertiary/aromatic N) is 1. The van der Waals surface area contributed by atoms with Crippen molar-refractivity contribution in [3.63, 3.8) is 0 Å². The van der Waals surface area contributed by atoms with Gasteiger partial charge >= 0.3 is 0 Å². The molecule has 0 amide bonds. The van der Waals surface area contributed by atoms with E-state index in [9.17, 15) is 0 Å². The highest BCUT2D eigenvalue weighted by molar-refractivity contribution is 5.57. The van der Waals surface area contributed by atoms with Crippen molar-refractivity contribution in [1.29, 1.82) is 0 Å². The van der Waals surface area contributed by atoms with Crippen LogP contribution in [0, 0.1) is 0 Å². The zero-order valence-electron chi connectivity index (χ0n) is 9.54. The average Bonchev–Trinajstić information content (AvgIpc) is 2.39. The Morgan fingerprint density at radius 3 is 2.94 bits per heavy atom. The Morgan fingerprint density at radius 1 is 1.19 bits per heavy atom. The molecule has 3 nitrogen and oxygen atoms in total. The van der Waals surface area contributed by atoms with E-state index in [1.807, 2.05) is 0 Å². The van der Waals surface area contributed by atoms with E-state index in [1.165, 1.54) is 16.8 Å². The van der Waals surface area contributed by atoms with E-state index in [2.05, 4.69) is 28.4 Å². The van der Waals surface area contributed by atoms with Gasteiger partial charge in [0, 0.05) is 31.9 Å². The maximum Gasteiger partial charge on any atom is 0.0720 e. The van der Waals surface area contributed by atoms with Gasteiger partial charge in [-0.15, -0.1) is 0 Å². The van der Waals surface area contributed by atoms with E-state index in [0.717, 1.165) is 45.8 Å². The van der Waals surface area contributed by atoms with E-state index < -0.39 is 0 Å². The minimum atomic E-state index is 0.787. The first kappa shape index (κ1) is 10.1. The fourth-order valence-corrected chi connectivity index (χ4v) is 2.60. The number of benzene rings is 1. The second-order valence-electron chi connectivity index (χ2n) is 4.45. The number of anilines is 1. The molecule has 0 aromatic heterocycles. The SMILES string of the molecule is c1cc2c(c(N3CCNCC3)c1)CCOC2. The summed E-state index contributed by atoms with van der Waals surface area (Å²) < 4.78 is 5.51. The lowest BCUT2D eigenvalue weighted by molar-refractivity contribution is 0.111. The first-order valence-corrected chi connectivity index (χ1v) is 6.09. The second kappa shape index (κ2) is 4.44. The van der Waals surface area contributed by atoms with Crippen LogP contribution in [-0.2, 0) is 17.8 Å². The molecule has 86 valence electrons. The molecule has 0 radical (unpaired) electrons. The molecular weight excluding hydrogens is 200 g/mol. The van der Waals surface area contributed by atoms with E-state index in [-0.39, 0.29) is 0 Å². The first-order valence-electron chi connectivity index (χ1n) is 6.09.